The minimum absolute atomic E-state index is 0.642. The van der Waals surface area contributed by atoms with E-state index in [9.17, 15) is 8.42 Å². The summed E-state index contributed by atoms with van der Waals surface area (Å²) in [6.45, 7) is 4.25. The van der Waals surface area contributed by atoms with Crippen molar-refractivity contribution >= 4 is 21.6 Å². The molecule has 0 bridgehead atoms. The molecule has 0 aliphatic rings. The molecule has 2 aromatic carbocycles. The summed E-state index contributed by atoms with van der Waals surface area (Å²) in [7, 11) is -1.52. The van der Waals surface area contributed by atoms with Crippen molar-refractivity contribution < 1.29 is 8.42 Å². The molecule has 0 saturated heterocycles. The summed E-state index contributed by atoms with van der Waals surface area (Å²) >= 11 is 0. The van der Waals surface area contributed by atoms with Gasteiger partial charge in [-0.3, -0.25) is 8.42 Å². The van der Waals surface area contributed by atoms with Gasteiger partial charge in [-0.2, -0.15) is 0 Å². The highest BCUT2D eigenvalue weighted by Gasteiger charge is 2.05. The van der Waals surface area contributed by atoms with Crippen LogP contribution in [0.1, 0.15) is 50.7 Å². The number of benzene rings is 2. The van der Waals surface area contributed by atoms with Gasteiger partial charge < -0.3 is 0 Å². The Morgan fingerprint density at radius 1 is 0.615 bits per heavy atom. The highest BCUT2D eigenvalue weighted by atomic mass is 32.2. The molecule has 4 heteroatoms. The lowest BCUT2D eigenvalue weighted by Gasteiger charge is -2.07. The van der Waals surface area contributed by atoms with Crippen LogP contribution in [0.25, 0.3) is 11.1 Å². The first-order valence-electron chi connectivity index (χ1n) is 9.50. The molecule has 0 aliphatic carbocycles. The van der Waals surface area contributed by atoms with E-state index in [-0.39, 0.29) is 0 Å². The van der Waals surface area contributed by atoms with Gasteiger partial charge in [-0.15, -0.1) is 0 Å². The summed E-state index contributed by atoms with van der Waals surface area (Å²) in [5.74, 6) is 2.87. The van der Waals surface area contributed by atoms with Crippen LogP contribution in [0, 0.1) is 0 Å². The van der Waals surface area contributed by atoms with E-state index in [1.807, 2.05) is 0 Å². The van der Waals surface area contributed by atoms with Gasteiger partial charge in [0.25, 0.3) is 0 Å². The summed E-state index contributed by atoms with van der Waals surface area (Å²) in [6.07, 6.45) is 4.24. The molecule has 0 fully saturated rings. The Bertz CT molecular complexity index is 642. The number of hydrogen-bond donors (Lipinski definition) is 0. The van der Waals surface area contributed by atoms with Crippen LogP contribution in [0.2, 0.25) is 0 Å². The van der Waals surface area contributed by atoms with E-state index < -0.39 is 21.6 Å². The normalized spacial score (nSPS) is 13.5. The maximum absolute atomic E-state index is 12.0. The molecule has 0 N–H and O–H groups in total. The van der Waals surface area contributed by atoms with Crippen molar-refractivity contribution in [2.24, 2.45) is 0 Å². The summed E-state index contributed by atoms with van der Waals surface area (Å²) in [5.41, 5.74) is 4.58. The van der Waals surface area contributed by atoms with Gasteiger partial charge in [-0.25, -0.2) is 0 Å². The Morgan fingerprint density at radius 2 is 0.962 bits per heavy atom. The van der Waals surface area contributed by atoms with Gasteiger partial charge in [0.2, 0.25) is 0 Å². The van der Waals surface area contributed by atoms with E-state index in [1.165, 1.54) is 0 Å². The smallest absolute Gasteiger partial charge is 0.0485 e. The highest BCUT2D eigenvalue weighted by Crippen LogP contribution is 2.21. The molecule has 142 valence electrons. The number of unbranched alkanes of at least 4 members (excludes halogenated alkanes) is 2. The van der Waals surface area contributed by atoms with Crippen molar-refractivity contribution in [3.63, 3.8) is 0 Å². The van der Waals surface area contributed by atoms with Gasteiger partial charge in [-0.05, 0) is 35.1 Å². The molecule has 0 spiro atoms. The molecule has 0 aliphatic heterocycles. The Balaban J connectivity index is 1.94. The van der Waals surface area contributed by atoms with E-state index in [4.69, 9.17) is 0 Å². The van der Waals surface area contributed by atoms with Crippen molar-refractivity contribution in [2.75, 3.05) is 11.5 Å². The lowest BCUT2D eigenvalue weighted by molar-refractivity contribution is 0.678. The zero-order chi connectivity index (χ0) is 18.8. The fourth-order valence-corrected chi connectivity index (χ4v) is 5.35. The lowest BCUT2D eigenvalue weighted by atomic mass is 10.0. The third-order valence-electron chi connectivity index (χ3n) is 4.35. The van der Waals surface area contributed by atoms with Crippen molar-refractivity contribution in [2.45, 2.75) is 51.0 Å². The fourth-order valence-electron chi connectivity index (χ4n) is 2.71. The summed E-state index contributed by atoms with van der Waals surface area (Å²) in [5, 5.41) is 0. The molecule has 2 nitrogen and oxygen atoms in total. The van der Waals surface area contributed by atoms with Crippen LogP contribution in [-0.4, -0.2) is 19.9 Å². The quantitative estimate of drug-likeness (QED) is 0.511. The summed E-state index contributed by atoms with van der Waals surface area (Å²) in [6, 6.07) is 16.7. The van der Waals surface area contributed by atoms with Crippen LogP contribution < -0.4 is 0 Å². The molecule has 0 amide bonds. The molecular weight excluding hydrogens is 360 g/mol. The number of rotatable bonds is 11. The zero-order valence-electron chi connectivity index (χ0n) is 15.9. The van der Waals surface area contributed by atoms with E-state index in [0.29, 0.717) is 11.5 Å². The molecule has 0 aromatic heterocycles. The van der Waals surface area contributed by atoms with E-state index in [1.54, 1.807) is 0 Å². The highest BCUT2D eigenvalue weighted by molar-refractivity contribution is 7.84. The molecule has 0 saturated carbocycles. The van der Waals surface area contributed by atoms with Crippen molar-refractivity contribution in [3.8, 4) is 11.1 Å². The Hall–Kier alpha value is -1.26. The van der Waals surface area contributed by atoms with Crippen molar-refractivity contribution in [3.05, 3.63) is 59.7 Å². The van der Waals surface area contributed by atoms with Crippen molar-refractivity contribution in [1.29, 1.82) is 0 Å². The van der Waals surface area contributed by atoms with Crippen LogP contribution in [0.4, 0.5) is 0 Å². The maximum Gasteiger partial charge on any atom is 0.0485 e. The molecular formula is C22H30O2S2. The third-order valence-corrected chi connectivity index (χ3v) is 7.15. The maximum atomic E-state index is 12.0. The van der Waals surface area contributed by atoms with Crippen LogP contribution in [0.15, 0.2) is 48.5 Å². The van der Waals surface area contributed by atoms with Crippen molar-refractivity contribution in [1.82, 2.24) is 0 Å². The van der Waals surface area contributed by atoms with Gasteiger partial charge in [0.05, 0.1) is 0 Å². The topological polar surface area (TPSA) is 34.1 Å². The summed E-state index contributed by atoms with van der Waals surface area (Å²) < 4.78 is 24.0. The fraction of sp³-hybridized carbons (Fsp3) is 0.455. The van der Waals surface area contributed by atoms with E-state index in [2.05, 4.69) is 62.4 Å². The molecule has 26 heavy (non-hydrogen) atoms. The van der Waals surface area contributed by atoms with Crippen LogP contribution >= 0.6 is 0 Å². The minimum Gasteiger partial charge on any atom is -0.259 e. The molecule has 0 radical (unpaired) electrons. The van der Waals surface area contributed by atoms with Crippen LogP contribution in [0.3, 0.4) is 0 Å². The van der Waals surface area contributed by atoms with Crippen LogP contribution in [0.5, 0.6) is 0 Å². The Morgan fingerprint density at radius 3 is 1.27 bits per heavy atom. The van der Waals surface area contributed by atoms with Crippen LogP contribution in [-0.2, 0) is 33.1 Å². The van der Waals surface area contributed by atoms with E-state index >= 15 is 0 Å². The summed E-state index contributed by atoms with van der Waals surface area (Å²) in [4.78, 5) is 0. The van der Waals surface area contributed by atoms with Gasteiger partial charge in [-0.1, -0.05) is 75.2 Å². The second-order valence-corrected chi connectivity index (χ2v) is 9.83. The predicted octanol–water partition coefficient (Wildman–Crippen LogP) is 5.45. The van der Waals surface area contributed by atoms with Gasteiger partial charge >= 0.3 is 0 Å². The first-order valence-corrected chi connectivity index (χ1v) is 12.5. The Kier molecular flexibility index (Phi) is 9.27. The average Bonchev–Trinajstić information content (AvgIpc) is 2.66. The first kappa shape index (κ1) is 21.0. The molecule has 2 unspecified atom stereocenters. The predicted molar refractivity (Wildman–Crippen MR) is 115 cm³/mol. The SMILES string of the molecule is CCCCS(=O)Cc1ccc(-c2ccc(CS(=O)CCCC)cc2)cc1. The number of hydrogen-bond acceptors (Lipinski definition) is 2. The third kappa shape index (κ3) is 7.16. The minimum atomic E-state index is -0.762. The second kappa shape index (κ2) is 11.5. The standard InChI is InChI=1S/C22H30O2S2/c1-3-5-15-25(23)17-19-7-11-21(12-8-19)22-13-9-20(10-14-22)18-26(24)16-6-4-2/h7-14H,3-6,15-18H2,1-2H3. The lowest BCUT2D eigenvalue weighted by Crippen LogP contribution is -2.01. The van der Waals surface area contributed by atoms with Gasteiger partial charge in [0, 0.05) is 44.6 Å². The molecule has 0 heterocycles. The second-order valence-electron chi connectivity index (χ2n) is 6.68. The van der Waals surface area contributed by atoms with E-state index in [0.717, 1.165) is 59.4 Å². The molecule has 2 atom stereocenters. The molecule has 2 rings (SSSR count). The Labute approximate surface area is 163 Å². The average molecular weight is 391 g/mol. The monoisotopic (exact) mass is 390 g/mol. The molecule has 2 aromatic rings. The van der Waals surface area contributed by atoms with Gasteiger partial charge in [0.1, 0.15) is 0 Å². The largest absolute Gasteiger partial charge is 0.259 e. The van der Waals surface area contributed by atoms with Gasteiger partial charge in [0.15, 0.2) is 0 Å². The zero-order valence-corrected chi connectivity index (χ0v) is 17.5. The first-order chi connectivity index (χ1) is 12.6.